The number of nitrogens with two attached hydrogens (primary N) is 1. The van der Waals surface area contributed by atoms with Gasteiger partial charge in [-0.05, 0) is 30.9 Å². The first-order valence-corrected chi connectivity index (χ1v) is 11.7. The van der Waals surface area contributed by atoms with Crippen LogP contribution in [0.15, 0.2) is 43.0 Å². The van der Waals surface area contributed by atoms with Gasteiger partial charge < -0.3 is 36.3 Å². The first-order valence-electron chi connectivity index (χ1n) is 11.7. The van der Waals surface area contributed by atoms with Crippen LogP contribution in [0.4, 0.5) is 0 Å². The van der Waals surface area contributed by atoms with Gasteiger partial charge in [0.2, 0.25) is 17.7 Å². The Morgan fingerprint density at radius 1 is 1.19 bits per heavy atom. The number of rotatable bonds is 10. The Hall–Kier alpha value is -4.19. The number of benzene rings is 1. The molecule has 3 atom stereocenters. The van der Waals surface area contributed by atoms with E-state index in [1.807, 2.05) is 30.5 Å². The van der Waals surface area contributed by atoms with Gasteiger partial charge in [-0.25, -0.2) is 9.78 Å². The molecule has 1 aliphatic heterocycles. The van der Waals surface area contributed by atoms with Gasteiger partial charge in [-0.2, -0.15) is 0 Å². The van der Waals surface area contributed by atoms with E-state index in [2.05, 4.69) is 25.6 Å². The number of imidazole rings is 1. The first kappa shape index (κ1) is 24.9. The third kappa shape index (κ3) is 5.71. The number of nitrogens with one attached hydrogen (secondary N) is 4. The van der Waals surface area contributed by atoms with E-state index < -0.39 is 42.5 Å². The van der Waals surface area contributed by atoms with Crippen molar-refractivity contribution in [1.29, 1.82) is 0 Å². The molecule has 3 amide bonds. The summed E-state index contributed by atoms with van der Waals surface area (Å²) in [6.45, 7) is -0.0124. The number of para-hydroxylation sites is 1. The molecule has 0 spiro atoms. The number of carboxylic acids is 1. The van der Waals surface area contributed by atoms with E-state index in [4.69, 9.17) is 5.73 Å². The minimum absolute atomic E-state index is 0.0221. The number of nitrogens with zero attached hydrogens (tertiary/aromatic N) is 2. The second-order valence-corrected chi connectivity index (χ2v) is 8.82. The third-order valence-corrected chi connectivity index (χ3v) is 6.31. The molecule has 3 heterocycles. The van der Waals surface area contributed by atoms with E-state index in [1.54, 1.807) is 0 Å². The van der Waals surface area contributed by atoms with Crippen LogP contribution in [0.5, 0.6) is 0 Å². The molecule has 12 nitrogen and oxygen atoms in total. The summed E-state index contributed by atoms with van der Waals surface area (Å²) in [4.78, 5) is 60.9. The van der Waals surface area contributed by atoms with Crippen molar-refractivity contribution < 1.29 is 24.3 Å². The molecule has 0 bridgehead atoms. The maximum absolute atomic E-state index is 13.1. The first-order chi connectivity index (χ1) is 17.3. The number of amides is 3. The van der Waals surface area contributed by atoms with Gasteiger partial charge in [0.1, 0.15) is 12.1 Å². The van der Waals surface area contributed by atoms with Crippen LogP contribution in [-0.4, -0.2) is 79.9 Å². The molecule has 7 N–H and O–H groups in total. The van der Waals surface area contributed by atoms with Crippen LogP contribution >= 0.6 is 0 Å². The van der Waals surface area contributed by atoms with Crippen molar-refractivity contribution in [2.75, 3.05) is 13.1 Å². The van der Waals surface area contributed by atoms with Gasteiger partial charge in [-0.1, -0.05) is 18.2 Å². The Morgan fingerprint density at radius 3 is 2.75 bits per heavy atom. The van der Waals surface area contributed by atoms with Gasteiger partial charge in [0, 0.05) is 42.0 Å². The molecular weight excluding hydrogens is 466 g/mol. The Morgan fingerprint density at radius 2 is 2.00 bits per heavy atom. The van der Waals surface area contributed by atoms with Gasteiger partial charge in [0.25, 0.3) is 0 Å². The zero-order chi connectivity index (χ0) is 25.7. The van der Waals surface area contributed by atoms with E-state index in [0.717, 1.165) is 16.5 Å². The summed E-state index contributed by atoms with van der Waals surface area (Å²) in [7, 11) is 0. The molecule has 1 fully saturated rings. The summed E-state index contributed by atoms with van der Waals surface area (Å²) >= 11 is 0. The normalized spacial score (nSPS) is 17.0. The molecule has 190 valence electrons. The lowest BCUT2D eigenvalue weighted by molar-refractivity contribution is -0.142. The predicted octanol–water partition coefficient (Wildman–Crippen LogP) is -0.320. The second-order valence-electron chi connectivity index (χ2n) is 8.82. The van der Waals surface area contributed by atoms with Gasteiger partial charge in [0.05, 0.1) is 18.9 Å². The molecule has 4 rings (SSSR count). The predicted molar refractivity (Wildman–Crippen MR) is 130 cm³/mol. The average Bonchev–Trinajstić information content (AvgIpc) is 3.63. The number of H-pyrrole nitrogens is 2. The summed E-state index contributed by atoms with van der Waals surface area (Å²) in [5.74, 6) is -2.66. The fourth-order valence-electron chi connectivity index (χ4n) is 4.49. The minimum Gasteiger partial charge on any atom is -0.480 e. The third-order valence-electron chi connectivity index (χ3n) is 6.31. The number of aromatic amines is 2. The van der Waals surface area contributed by atoms with Crippen LogP contribution in [0.3, 0.4) is 0 Å². The zero-order valence-corrected chi connectivity index (χ0v) is 19.6. The van der Waals surface area contributed by atoms with E-state index in [0.29, 0.717) is 31.5 Å². The Bertz CT molecular complexity index is 1240. The maximum atomic E-state index is 13.1. The quantitative estimate of drug-likeness (QED) is 0.222. The Kier molecular flexibility index (Phi) is 7.64. The fraction of sp³-hybridized carbons (Fsp3) is 0.375. The molecule has 2 aromatic heterocycles. The molecule has 1 aliphatic rings. The maximum Gasteiger partial charge on any atom is 0.326 e. The Labute approximate surface area is 206 Å². The molecule has 0 aliphatic carbocycles. The van der Waals surface area contributed by atoms with Crippen LogP contribution in [0, 0.1) is 0 Å². The number of carbonyl (C=O) groups excluding carboxylic acids is 3. The van der Waals surface area contributed by atoms with Crippen LogP contribution in [0.2, 0.25) is 0 Å². The van der Waals surface area contributed by atoms with Crippen LogP contribution < -0.4 is 16.4 Å². The summed E-state index contributed by atoms with van der Waals surface area (Å²) in [6.07, 6.45) is 6.16. The summed E-state index contributed by atoms with van der Waals surface area (Å²) in [5.41, 5.74) is 8.67. The molecule has 3 aromatic rings. The van der Waals surface area contributed by atoms with Crippen molar-refractivity contribution in [3.8, 4) is 0 Å². The molecule has 3 unspecified atom stereocenters. The highest BCUT2D eigenvalue weighted by atomic mass is 16.4. The van der Waals surface area contributed by atoms with Crippen molar-refractivity contribution in [1.82, 2.24) is 30.5 Å². The lowest BCUT2D eigenvalue weighted by atomic mass is 10.0. The summed E-state index contributed by atoms with van der Waals surface area (Å²) in [6, 6.07) is 5.00. The van der Waals surface area contributed by atoms with E-state index in [-0.39, 0.29) is 12.3 Å². The number of hydrogen-bond donors (Lipinski definition) is 6. The van der Waals surface area contributed by atoms with Crippen molar-refractivity contribution in [2.24, 2.45) is 5.73 Å². The molecular formula is C24H29N7O5. The molecule has 36 heavy (non-hydrogen) atoms. The van der Waals surface area contributed by atoms with Crippen molar-refractivity contribution in [3.05, 3.63) is 54.2 Å². The minimum atomic E-state index is -1.21. The molecule has 0 radical (unpaired) electrons. The monoisotopic (exact) mass is 495 g/mol. The molecule has 12 heteroatoms. The molecule has 0 saturated carbocycles. The Balaban J connectivity index is 1.30. The number of carboxylic acid groups (broad SMARTS) is 1. The number of fused-ring (bicyclic) bond motifs is 1. The van der Waals surface area contributed by atoms with Gasteiger partial charge in [-0.15, -0.1) is 0 Å². The van der Waals surface area contributed by atoms with Crippen LogP contribution in [0.1, 0.15) is 24.1 Å². The van der Waals surface area contributed by atoms with Gasteiger partial charge in [-0.3, -0.25) is 14.4 Å². The lowest BCUT2D eigenvalue weighted by Gasteiger charge is -2.26. The highest BCUT2D eigenvalue weighted by Crippen LogP contribution is 2.22. The molecule has 1 aromatic carbocycles. The smallest absolute Gasteiger partial charge is 0.326 e. The number of carbonyl (C=O) groups is 4. The van der Waals surface area contributed by atoms with Gasteiger partial charge in [0.15, 0.2) is 0 Å². The van der Waals surface area contributed by atoms with Crippen molar-refractivity contribution >= 4 is 34.6 Å². The largest absolute Gasteiger partial charge is 0.480 e. The average molecular weight is 496 g/mol. The van der Waals surface area contributed by atoms with Crippen molar-refractivity contribution in [3.63, 3.8) is 0 Å². The van der Waals surface area contributed by atoms with E-state index in [1.165, 1.54) is 17.4 Å². The fourth-order valence-corrected chi connectivity index (χ4v) is 4.49. The van der Waals surface area contributed by atoms with Crippen LogP contribution in [-0.2, 0) is 32.0 Å². The number of aliphatic carboxylic acids is 1. The number of aromatic nitrogens is 3. The molecule has 1 saturated heterocycles. The second kappa shape index (κ2) is 11.0. The lowest BCUT2D eigenvalue weighted by Crippen LogP contribution is -2.53. The van der Waals surface area contributed by atoms with Gasteiger partial charge >= 0.3 is 5.97 Å². The SMILES string of the molecule is NC(Cc1c[nH]c2ccccc12)C(=O)N1CCCC1C(=O)NCC(=O)NC(Cc1cnc[nH]1)C(=O)O. The van der Waals surface area contributed by atoms with E-state index >= 15 is 0 Å². The number of hydrogen-bond acceptors (Lipinski definition) is 6. The standard InChI is InChI=1S/C24H29N7O5/c25-17(8-14-10-27-18-5-2-1-4-16(14)18)23(34)31-7-3-6-20(31)22(33)28-12-21(32)30-19(24(35)36)9-15-11-26-13-29-15/h1-2,4-5,10-11,13,17,19-20,27H,3,6-9,12,25H2,(H,26,29)(H,28,33)(H,30,32)(H,35,36). The van der Waals surface area contributed by atoms with Crippen LogP contribution in [0.25, 0.3) is 10.9 Å². The highest BCUT2D eigenvalue weighted by Gasteiger charge is 2.36. The topological polar surface area (TPSA) is 186 Å². The summed E-state index contributed by atoms with van der Waals surface area (Å²) in [5, 5.41) is 15.3. The van der Waals surface area contributed by atoms with E-state index in [9.17, 15) is 24.3 Å². The number of likely N-dealkylation sites (tertiary alicyclic amines) is 1. The highest BCUT2D eigenvalue weighted by molar-refractivity contribution is 5.93. The zero-order valence-electron chi connectivity index (χ0n) is 19.6. The summed E-state index contributed by atoms with van der Waals surface area (Å²) < 4.78 is 0. The van der Waals surface area contributed by atoms with Crippen molar-refractivity contribution in [2.45, 2.75) is 43.8 Å².